The van der Waals surface area contributed by atoms with Crippen molar-refractivity contribution in [3.63, 3.8) is 0 Å². The first-order valence-electron chi connectivity index (χ1n) is 11.7. The first-order chi connectivity index (χ1) is 17.4. The average Bonchev–Trinajstić information content (AvgIpc) is 3.26. The number of sulfonamides is 1. The summed E-state index contributed by atoms with van der Waals surface area (Å²) < 4.78 is 28.7. The van der Waals surface area contributed by atoms with Crippen molar-refractivity contribution in [2.45, 2.75) is 23.4 Å². The van der Waals surface area contributed by atoms with Crippen LogP contribution in [0.15, 0.2) is 120 Å². The Kier molecular flexibility index (Phi) is 6.45. The second-order valence-corrected chi connectivity index (χ2v) is 10.4. The van der Waals surface area contributed by atoms with Crippen LogP contribution in [0.3, 0.4) is 0 Å². The van der Waals surface area contributed by atoms with Crippen LogP contribution in [0.1, 0.15) is 22.3 Å². The molecule has 0 aromatic heterocycles. The molecule has 0 bridgehead atoms. The molecule has 1 heterocycles. The molecule has 7 heteroatoms. The summed E-state index contributed by atoms with van der Waals surface area (Å²) in [5.74, 6) is -0.470. The van der Waals surface area contributed by atoms with Crippen molar-refractivity contribution in [1.82, 2.24) is 9.79 Å². The Morgan fingerprint density at radius 1 is 0.750 bits per heavy atom. The number of amides is 1. The Morgan fingerprint density at radius 2 is 1.19 bits per heavy atom. The summed E-state index contributed by atoms with van der Waals surface area (Å²) in [7, 11) is -3.93. The van der Waals surface area contributed by atoms with Gasteiger partial charge in [-0.3, -0.25) is 9.63 Å². The van der Waals surface area contributed by atoms with Gasteiger partial charge in [-0.1, -0.05) is 109 Å². The average molecular weight is 499 g/mol. The van der Waals surface area contributed by atoms with E-state index >= 15 is 0 Å². The highest BCUT2D eigenvalue weighted by Crippen LogP contribution is 2.44. The van der Waals surface area contributed by atoms with Crippen molar-refractivity contribution >= 4 is 15.9 Å². The Balaban J connectivity index is 1.60. The Labute approximate surface area is 211 Å². The van der Waals surface area contributed by atoms with Crippen molar-refractivity contribution in [1.29, 1.82) is 0 Å². The van der Waals surface area contributed by atoms with Crippen LogP contribution in [-0.4, -0.2) is 32.0 Å². The normalized spacial score (nSPS) is 16.3. The number of benzene rings is 4. The zero-order valence-electron chi connectivity index (χ0n) is 19.7. The van der Waals surface area contributed by atoms with Gasteiger partial charge in [-0.05, 0) is 35.7 Å². The fraction of sp³-hybridized carbons (Fsp3) is 0.138. The number of hydrogen-bond donors (Lipinski definition) is 1. The monoisotopic (exact) mass is 498 g/mol. The van der Waals surface area contributed by atoms with E-state index in [-0.39, 0.29) is 11.5 Å². The second-order valence-electron chi connectivity index (χ2n) is 8.72. The molecule has 0 saturated carbocycles. The maximum Gasteiger partial charge on any atom is 0.268 e. The standard InChI is InChI=1S/C29H26N2O4S/c1-22-17-19-26(20-18-22)36(33,34)30-27-21-35-31(28(27)32)29(23-11-5-2-6-12-23,24-13-7-3-8-14-24)25-15-9-4-10-16-25/h2-20,27,30H,21H2,1H3. The lowest BCUT2D eigenvalue weighted by molar-refractivity contribution is -0.183. The summed E-state index contributed by atoms with van der Waals surface area (Å²) in [5, 5.41) is 1.33. The molecule has 1 fully saturated rings. The lowest BCUT2D eigenvalue weighted by atomic mass is 9.76. The van der Waals surface area contributed by atoms with Gasteiger partial charge in [0.25, 0.3) is 5.91 Å². The number of rotatable bonds is 7. The van der Waals surface area contributed by atoms with Crippen LogP contribution in [0.2, 0.25) is 0 Å². The van der Waals surface area contributed by atoms with Gasteiger partial charge >= 0.3 is 0 Å². The van der Waals surface area contributed by atoms with E-state index in [1.54, 1.807) is 12.1 Å². The molecule has 1 unspecified atom stereocenters. The van der Waals surface area contributed by atoms with Crippen molar-refractivity contribution < 1.29 is 18.0 Å². The van der Waals surface area contributed by atoms with Crippen LogP contribution in [0, 0.1) is 6.92 Å². The molecule has 0 spiro atoms. The fourth-order valence-corrected chi connectivity index (χ4v) is 5.81. The summed E-state index contributed by atoms with van der Waals surface area (Å²) in [6.07, 6.45) is 0. The van der Waals surface area contributed by atoms with Gasteiger partial charge in [0.2, 0.25) is 10.0 Å². The fourth-order valence-electron chi connectivity index (χ4n) is 4.63. The third kappa shape index (κ3) is 4.22. The minimum atomic E-state index is -3.93. The van der Waals surface area contributed by atoms with E-state index in [0.717, 1.165) is 22.3 Å². The summed E-state index contributed by atoms with van der Waals surface area (Å²) >= 11 is 0. The van der Waals surface area contributed by atoms with Crippen LogP contribution in [0.5, 0.6) is 0 Å². The quantitative estimate of drug-likeness (QED) is 0.383. The topological polar surface area (TPSA) is 75.7 Å². The molecule has 4 aromatic rings. The van der Waals surface area contributed by atoms with Gasteiger partial charge in [0, 0.05) is 0 Å². The number of hydrogen-bond acceptors (Lipinski definition) is 4. The maximum absolute atomic E-state index is 13.9. The largest absolute Gasteiger partial charge is 0.271 e. The Hall–Kier alpha value is -3.78. The van der Waals surface area contributed by atoms with E-state index in [0.29, 0.717) is 0 Å². The van der Waals surface area contributed by atoms with Crippen molar-refractivity contribution in [3.8, 4) is 0 Å². The van der Waals surface area contributed by atoms with Crippen molar-refractivity contribution in [2.75, 3.05) is 6.61 Å². The minimum absolute atomic E-state index is 0.0970. The lowest BCUT2D eigenvalue weighted by Gasteiger charge is -2.41. The van der Waals surface area contributed by atoms with E-state index in [9.17, 15) is 13.2 Å². The molecule has 6 nitrogen and oxygen atoms in total. The molecule has 4 aromatic carbocycles. The van der Waals surface area contributed by atoms with Gasteiger partial charge in [-0.25, -0.2) is 13.5 Å². The molecule has 182 valence electrons. The first-order valence-corrected chi connectivity index (χ1v) is 13.1. The molecule has 0 aliphatic carbocycles. The SMILES string of the molecule is Cc1ccc(S(=O)(=O)NC2CON(C(c3ccccc3)(c3ccccc3)c3ccccc3)C2=O)cc1. The number of nitrogens with one attached hydrogen (secondary N) is 1. The highest BCUT2D eigenvalue weighted by Gasteiger charge is 2.51. The van der Waals surface area contributed by atoms with Gasteiger partial charge in [-0.15, -0.1) is 0 Å². The number of carbonyl (C=O) groups is 1. The van der Waals surface area contributed by atoms with Gasteiger partial charge in [0.05, 0.1) is 4.90 Å². The summed E-state index contributed by atoms with van der Waals surface area (Å²) in [6.45, 7) is 1.75. The molecular weight excluding hydrogens is 472 g/mol. The molecule has 5 rings (SSSR count). The molecule has 1 atom stereocenters. The molecule has 1 N–H and O–H groups in total. The predicted octanol–water partition coefficient (Wildman–Crippen LogP) is 4.41. The van der Waals surface area contributed by atoms with Gasteiger partial charge in [-0.2, -0.15) is 4.72 Å². The Morgan fingerprint density at radius 3 is 1.64 bits per heavy atom. The van der Waals surface area contributed by atoms with Crippen LogP contribution < -0.4 is 4.72 Å². The number of aryl methyl sites for hydroxylation is 1. The first kappa shape index (κ1) is 23.9. The number of carbonyl (C=O) groups excluding carboxylic acids is 1. The van der Waals surface area contributed by atoms with E-state index in [1.807, 2.05) is 97.9 Å². The Bertz CT molecular complexity index is 1350. The number of hydroxylamine groups is 2. The summed E-state index contributed by atoms with van der Waals surface area (Å²) in [5.41, 5.74) is 2.26. The second kappa shape index (κ2) is 9.70. The van der Waals surface area contributed by atoms with E-state index < -0.39 is 27.5 Å². The van der Waals surface area contributed by atoms with Crippen molar-refractivity contribution in [3.05, 3.63) is 138 Å². The lowest BCUT2D eigenvalue weighted by Crippen LogP contribution is -2.51. The zero-order chi connectivity index (χ0) is 25.2. The smallest absolute Gasteiger partial charge is 0.268 e. The molecular formula is C29H26N2O4S. The zero-order valence-corrected chi connectivity index (χ0v) is 20.6. The van der Waals surface area contributed by atoms with Crippen LogP contribution in [-0.2, 0) is 25.2 Å². The summed E-state index contributed by atoms with van der Waals surface area (Å²) in [4.78, 5) is 20.1. The van der Waals surface area contributed by atoms with Crippen LogP contribution in [0.4, 0.5) is 0 Å². The van der Waals surface area contributed by atoms with E-state index in [4.69, 9.17) is 4.84 Å². The molecule has 1 amide bonds. The van der Waals surface area contributed by atoms with Gasteiger partial charge in [0.15, 0.2) is 0 Å². The minimum Gasteiger partial charge on any atom is -0.271 e. The molecule has 0 radical (unpaired) electrons. The third-order valence-electron chi connectivity index (χ3n) is 6.38. The third-order valence-corrected chi connectivity index (χ3v) is 7.86. The molecule has 36 heavy (non-hydrogen) atoms. The van der Waals surface area contributed by atoms with Crippen molar-refractivity contribution in [2.24, 2.45) is 0 Å². The highest BCUT2D eigenvalue weighted by molar-refractivity contribution is 7.89. The maximum atomic E-state index is 13.9. The molecule has 1 aliphatic heterocycles. The van der Waals surface area contributed by atoms with Crippen LogP contribution in [0.25, 0.3) is 0 Å². The van der Waals surface area contributed by atoms with Gasteiger partial charge < -0.3 is 0 Å². The van der Waals surface area contributed by atoms with Crippen LogP contribution >= 0.6 is 0 Å². The molecule has 1 saturated heterocycles. The predicted molar refractivity (Wildman–Crippen MR) is 137 cm³/mol. The van der Waals surface area contributed by atoms with E-state index in [1.165, 1.54) is 17.2 Å². The molecule has 1 aliphatic rings. The van der Waals surface area contributed by atoms with E-state index in [2.05, 4.69) is 4.72 Å². The highest BCUT2D eigenvalue weighted by atomic mass is 32.2. The number of nitrogens with zero attached hydrogens (tertiary/aromatic N) is 1. The summed E-state index contributed by atoms with van der Waals surface area (Å²) in [6, 6.07) is 34.3. The van der Waals surface area contributed by atoms with Gasteiger partial charge in [0.1, 0.15) is 18.2 Å².